The summed E-state index contributed by atoms with van der Waals surface area (Å²) in [6.07, 6.45) is 4.48. The van der Waals surface area contributed by atoms with Gasteiger partial charge in [-0.2, -0.15) is 4.73 Å². The molecule has 0 atom stereocenters. The average Bonchev–Trinajstić information content (AvgIpc) is 2.64. The topological polar surface area (TPSA) is 68.9 Å². The number of aryl methyl sites for hydroxylation is 1. The summed E-state index contributed by atoms with van der Waals surface area (Å²) >= 11 is 1.41. The van der Waals surface area contributed by atoms with Gasteiger partial charge in [-0.1, -0.05) is 0 Å². The number of hydrogen-bond acceptors (Lipinski definition) is 4. The molecule has 3 rings (SSSR count). The smallest absolute Gasteiger partial charge is 0.258 e. The molecule has 0 bridgehead atoms. The van der Waals surface area contributed by atoms with Crippen molar-refractivity contribution in [2.75, 3.05) is 5.32 Å². The van der Waals surface area contributed by atoms with Crippen molar-refractivity contribution in [1.82, 2.24) is 4.98 Å². The number of halogens is 1. The summed E-state index contributed by atoms with van der Waals surface area (Å²) in [6, 6.07) is 11.3. The van der Waals surface area contributed by atoms with Gasteiger partial charge in [-0.15, -0.1) is 11.8 Å². The van der Waals surface area contributed by atoms with Crippen LogP contribution in [0, 0.1) is 17.9 Å². The van der Waals surface area contributed by atoms with E-state index in [0.29, 0.717) is 27.6 Å². The molecule has 2 aromatic heterocycles. The van der Waals surface area contributed by atoms with Gasteiger partial charge in [-0.05, 0) is 48.4 Å². The Morgan fingerprint density at radius 1 is 1.27 bits per heavy atom. The summed E-state index contributed by atoms with van der Waals surface area (Å²) < 4.78 is 14.1. The first kappa shape index (κ1) is 17.9. The van der Waals surface area contributed by atoms with Crippen LogP contribution in [-0.4, -0.2) is 10.9 Å². The fourth-order valence-corrected chi connectivity index (χ4v) is 3.24. The van der Waals surface area contributed by atoms with Gasteiger partial charge < -0.3 is 10.5 Å². The van der Waals surface area contributed by atoms with E-state index in [2.05, 4.69) is 10.3 Å². The largest absolute Gasteiger partial charge is 0.619 e. The van der Waals surface area contributed by atoms with Crippen LogP contribution in [-0.2, 0) is 5.75 Å². The Morgan fingerprint density at radius 3 is 2.77 bits per heavy atom. The van der Waals surface area contributed by atoms with E-state index in [4.69, 9.17) is 0 Å². The Hall–Kier alpha value is -2.93. The predicted octanol–water partition coefficient (Wildman–Crippen LogP) is 3.71. The number of nitrogens with zero attached hydrogens (tertiary/aromatic N) is 2. The molecule has 0 radical (unpaired) electrons. The maximum Gasteiger partial charge on any atom is 0.258 e. The van der Waals surface area contributed by atoms with Crippen LogP contribution in [0.5, 0.6) is 0 Å². The lowest BCUT2D eigenvalue weighted by Crippen LogP contribution is -2.23. The van der Waals surface area contributed by atoms with Crippen molar-refractivity contribution in [3.63, 3.8) is 0 Å². The molecular weight excluding hydrogens is 353 g/mol. The summed E-state index contributed by atoms with van der Waals surface area (Å²) in [6.45, 7) is 1.64. The van der Waals surface area contributed by atoms with Crippen molar-refractivity contribution in [2.24, 2.45) is 0 Å². The van der Waals surface area contributed by atoms with Gasteiger partial charge in [0.2, 0.25) is 0 Å². The number of carbonyl (C=O) groups is 1. The molecule has 26 heavy (non-hydrogen) atoms. The number of amides is 1. The summed E-state index contributed by atoms with van der Waals surface area (Å²) in [5, 5.41) is 14.4. The van der Waals surface area contributed by atoms with Gasteiger partial charge in [0.15, 0.2) is 12.4 Å². The minimum Gasteiger partial charge on any atom is -0.619 e. The van der Waals surface area contributed by atoms with Gasteiger partial charge in [0, 0.05) is 29.8 Å². The van der Waals surface area contributed by atoms with Gasteiger partial charge in [-0.3, -0.25) is 4.79 Å². The fraction of sp³-hybridized carbons (Fsp3) is 0.105. The van der Waals surface area contributed by atoms with E-state index >= 15 is 0 Å². The van der Waals surface area contributed by atoms with E-state index in [0.717, 1.165) is 10.3 Å². The molecule has 0 spiro atoms. The molecule has 0 unspecified atom stereocenters. The minimum absolute atomic E-state index is 0.308. The molecule has 2 heterocycles. The number of pyridine rings is 2. The van der Waals surface area contributed by atoms with E-state index in [1.807, 2.05) is 0 Å². The number of carbonyl (C=O) groups excluding carboxylic acids is 1. The number of benzene rings is 1. The lowest BCUT2D eigenvalue weighted by Gasteiger charge is -2.10. The Bertz CT molecular complexity index is 932. The molecule has 1 aromatic carbocycles. The van der Waals surface area contributed by atoms with Crippen LogP contribution >= 0.6 is 11.8 Å². The normalized spacial score (nSPS) is 10.5. The van der Waals surface area contributed by atoms with Crippen molar-refractivity contribution < 1.29 is 13.9 Å². The van der Waals surface area contributed by atoms with Crippen LogP contribution in [0.1, 0.15) is 21.5 Å². The maximum atomic E-state index is 13.4. The van der Waals surface area contributed by atoms with Crippen molar-refractivity contribution in [3.8, 4) is 0 Å². The SMILES string of the molecule is Cc1cc(NC(=O)c2cccnc2SCc2cc[n+]([O-])cc2)ccc1F. The maximum absolute atomic E-state index is 13.4. The second kappa shape index (κ2) is 7.97. The average molecular weight is 369 g/mol. The lowest BCUT2D eigenvalue weighted by molar-refractivity contribution is -0.605. The van der Waals surface area contributed by atoms with Gasteiger partial charge in [0.05, 0.1) is 5.56 Å². The molecule has 5 nitrogen and oxygen atoms in total. The lowest BCUT2D eigenvalue weighted by atomic mass is 10.2. The highest BCUT2D eigenvalue weighted by molar-refractivity contribution is 7.98. The van der Waals surface area contributed by atoms with E-state index in [1.54, 1.807) is 43.5 Å². The quantitative estimate of drug-likeness (QED) is 0.423. The highest BCUT2D eigenvalue weighted by Crippen LogP contribution is 2.25. The molecular formula is C19H16FN3O2S. The highest BCUT2D eigenvalue weighted by atomic mass is 32.2. The fourth-order valence-electron chi connectivity index (χ4n) is 2.29. The molecule has 7 heteroatoms. The molecule has 1 N–H and O–H groups in total. The van der Waals surface area contributed by atoms with Crippen molar-refractivity contribution >= 4 is 23.4 Å². The van der Waals surface area contributed by atoms with E-state index < -0.39 is 0 Å². The Balaban J connectivity index is 1.74. The van der Waals surface area contributed by atoms with E-state index in [9.17, 15) is 14.4 Å². The molecule has 0 saturated heterocycles. The van der Waals surface area contributed by atoms with Gasteiger partial charge in [-0.25, -0.2) is 9.37 Å². The van der Waals surface area contributed by atoms with Crippen molar-refractivity contribution in [2.45, 2.75) is 17.7 Å². The first-order valence-electron chi connectivity index (χ1n) is 7.86. The molecule has 0 saturated carbocycles. The van der Waals surface area contributed by atoms with Crippen molar-refractivity contribution in [1.29, 1.82) is 0 Å². The number of thioether (sulfide) groups is 1. The highest BCUT2D eigenvalue weighted by Gasteiger charge is 2.14. The zero-order chi connectivity index (χ0) is 18.5. The summed E-state index contributed by atoms with van der Waals surface area (Å²) in [5.41, 5.74) is 2.38. The van der Waals surface area contributed by atoms with Crippen LogP contribution in [0.2, 0.25) is 0 Å². The second-order valence-electron chi connectivity index (χ2n) is 5.63. The number of nitrogens with one attached hydrogen (secondary N) is 1. The third-order valence-corrected chi connectivity index (χ3v) is 4.75. The number of aromatic nitrogens is 2. The van der Waals surface area contributed by atoms with Gasteiger partial charge in [0.25, 0.3) is 5.91 Å². The van der Waals surface area contributed by atoms with Crippen LogP contribution < -0.4 is 10.0 Å². The first-order valence-corrected chi connectivity index (χ1v) is 8.84. The molecule has 132 valence electrons. The Labute approximate surface area is 154 Å². The number of rotatable bonds is 5. The van der Waals surface area contributed by atoms with Crippen LogP contribution in [0.4, 0.5) is 10.1 Å². The minimum atomic E-state index is -0.317. The van der Waals surface area contributed by atoms with E-state index in [1.165, 1.54) is 36.3 Å². The molecule has 3 aromatic rings. The Kier molecular flexibility index (Phi) is 5.48. The molecule has 0 aliphatic rings. The zero-order valence-corrected chi connectivity index (χ0v) is 14.8. The van der Waals surface area contributed by atoms with Crippen LogP contribution in [0.3, 0.4) is 0 Å². The summed E-state index contributed by atoms with van der Waals surface area (Å²) in [5.74, 6) is -0.0479. The number of anilines is 1. The standard InChI is InChI=1S/C19H16FN3O2S/c1-13-11-15(4-5-17(13)20)22-18(24)16-3-2-8-21-19(16)26-12-14-6-9-23(25)10-7-14/h2-11H,12H2,1H3,(H,22,24). The predicted molar refractivity (Wildman–Crippen MR) is 98.3 cm³/mol. The molecule has 0 fully saturated rings. The summed E-state index contributed by atoms with van der Waals surface area (Å²) in [7, 11) is 0. The third kappa shape index (κ3) is 4.37. The third-order valence-electron chi connectivity index (χ3n) is 3.68. The first-order chi connectivity index (χ1) is 12.5. The van der Waals surface area contributed by atoms with E-state index in [-0.39, 0.29) is 11.7 Å². The van der Waals surface area contributed by atoms with Gasteiger partial charge >= 0.3 is 0 Å². The number of hydrogen-bond donors (Lipinski definition) is 1. The van der Waals surface area contributed by atoms with Crippen LogP contribution in [0.15, 0.2) is 66.1 Å². The molecule has 0 aliphatic heterocycles. The monoisotopic (exact) mass is 369 g/mol. The zero-order valence-electron chi connectivity index (χ0n) is 14.0. The summed E-state index contributed by atoms with van der Waals surface area (Å²) in [4.78, 5) is 16.9. The molecule has 0 aliphatic carbocycles. The second-order valence-corrected chi connectivity index (χ2v) is 6.59. The molecule has 1 amide bonds. The van der Waals surface area contributed by atoms with Crippen LogP contribution in [0.25, 0.3) is 0 Å². The van der Waals surface area contributed by atoms with Crippen molar-refractivity contribution in [3.05, 3.63) is 88.8 Å². The van der Waals surface area contributed by atoms with Gasteiger partial charge in [0.1, 0.15) is 10.8 Å². The Morgan fingerprint density at radius 2 is 2.04 bits per heavy atom.